The summed E-state index contributed by atoms with van der Waals surface area (Å²) in [4.78, 5) is 0. The first-order chi connectivity index (χ1) is 8.75. The molecule has 1 aliphatic carbocycles. The van der Waals surface area contributed by atoms with Crippen LogP contribution in [0.4, 0.5) is 0 Å². The molecule has 0 fully saturated rings. The molecule has 0 aliphatic heterocycles. The van der Waals surface area contributed by atoms with Gasteiger partial charge in [-0.3, -0.25) is 5.10 Å². The van der Waals surface area contributed by atoms with Crippen molar-refractivity contribution < 1.29 is 0 Å². The highest BCUT2D eigenvalue weighted by atomic mass is 79.9. The van der Waals surface area contributed by atoms with E-state index >= 15 is 0 Å². The number of hydrogen-bond acceptors (Lipinski definition) is 1. The third kappa shape index (κ3) is 2.12. The van der Waals surface area contributed by atoms with Crippen molar-refractivity contribution in [3.63, 3.8) is 0 Å². The summed E-state index contributed by atoms with van der Waals surface area (Å²) < 4.78 is 1.22. The van der Waals surface area contributed by atoms with Crippen molar-refractivity contribution in [1.82, 2.24) is 10.2 Å². The van der Waals surface area contributed by atoms with Crippen LogP contribution in [0.2, 0.25) is 0 Å². The van der Waals surface area contributed by atoms with Crippen LogP contribution in [-0.4, -0.2) is 10.2 Å². The molecule has 0 radical (unpaired) electrons. The number of aryl methyl sites for hydroxylation is 2. The van der Waals surface area contributed by atoms with Crippen molar-refractivity contribution in [1.29, 1.82) is 0 Å². The molecule has 0 saturated carbocycles. The SMILES string of the molecule is Cc1cccc(Cc2n[nH]c3c2CCCC3)c1Br. The van der Waals surface area contributed by atoms with Gasteiger partial charge in [-0.1, -0.05) is 34.1 Å². The maximum atomic E-state index is 4.52. The summed E-state index contributed by atoms with van der Waals surface area (Å²) in [5.74, 6) is 0. The topological polar surface area (TPSA) is 28.7 Å². The lowest BCUT2D eigenvalue weighted by Gasteiger charge is -2.12. The third-order valence-electron chi connectivity index (χ3n) is 3.77. The standard InChI is InChI=1S/C15H17BrN2/c1-10-5-4-6-11(15(10)16)9-14-12-7-2-3-8-13(12)17-18-14/h4-6H,2-3,7-9H2,1H3,(H,17,18). The molecular weight excluding hydrogens is 288 g/mol. The molecule has 0 saturated heterocycles. The lowest BCUT2D eigenvalue weighted by Crippen LogP contribution is -2.03. The van der Waals surface area contributed by atoms with E-state index < -0.39 is 0 Å². The minimum Gasteiger partial charge on any atom is -0.282 e. The van der Waals surface area contributed by atoms with Gasteiger partial charge in [-0.25, -0.2) is 0 Å². The zero-order valence-electron chi connectivity index (χ0n) is 10.6. The first-order valence-corrected chi connectivity index (χ1v) is 7.34. The van der Waals surface area contributed by atoms with Crippen LogP contribution in [0.25, 0.3) is 0 Å². The van der Waals surface area contributed by atoms with Crippen LogP contribution in [0.3, 0.4) is 0 Å². The van der Waals surface area contributed by atoms with E-state index in [1.165, 1.54) is 51.8 Å². The fourth-order valence-corrected chi connectivity index (χ4v) is 3.13. The lowest BCUT2D eigenvalue weighted by molar-refractivity contribution is 0.673. The molecule has 2 nitrogen and oxygen atoms in total. The Hall–Kier alpha value is -1.09. The largest absolute Gasteiger partial charge is 0.282 e. The van der Waals surface area contributed by atoms with Gasteiger partial charge in [0.05, 0.1) is 5.69 Å². The second-order valence-corrected chi connectivity index (χ2v) is 5.85. The van der Waals surface area contributed by atoms with E-state index in [0.29, 0.717) is 0 Å². The Balaban J connectivity index is 1.93. The van der Waals surface area contributed by atoms with Crippen LogP contribution in [0.5, 0.6) is 0 Å². The number of hydrogen-bond donors (Lipinski definition) is 1. The Morgan fingerprint density at radius 2 is 2.11 bits per heavy atom. The molecule has 0 bridgehead atoms. The molecular formula is C15H17BrN2. The number of halogens is 1. The molecule has 3 heteroatoms. The second kappa shape index (κ2) is 4.88. The van der Waals surface area contributed by atoms with E-state index in [2.05, 4.69) is 51.3 Å². The highest BCUT2D eigenvalue weighted by Crippen LogP contribution is 2.27. The normalized spacial score (nSPS) is 14.6. The van der Waals surface area contributed by atoms with Gasteiger partial charge in [0.25, 0.3) is 0 Å². The highest BCUT2D eigenvalue weighted by Gasteiger charge is 2.17. The van der Waals surface area contributed by atoms with Crippen molar-refractivity contribution in [2.75, 3.05) is 0 Å². The van der Waals surface area contributed by atoms with Gasteiger partial charge >= 0.3 is 0 Å². The van der Waals surface area contributed by atoms with Crippen molar-refractivity contribution in [3.8, 4) is 0 Å². The number of benzene rings is 1. The highest BCUT2D eigenvalue weighted by molar-refractivity contribution is 9.10. The number of H-pyrrole nitrogens is 1. The molecule has 0 atom stereocenters. The van der Waals surface area contributed by atoms with Crippen LogP contribution >= 0.6 is 15.9 Å². The van der Waals surface area contributed by atoms with E-state index in [4.69, 9.17) is 0 Å². The van der Waals surface area contributed by atoms with Gasteiger partial charge in [0.1, 0.15) is 0 Å². The molecule has 1 N–H and O–H groups in total. The Kier molecular flexibility index (Phi) is 3.25. The number of aromatic amines is 1. The third-order valence-corrected chi connectivity index (χ3v) is 4.91. The average Bonchev–Trinajstić information content (AvgIpc) is 2.79. The predicted octanol–water partition coefficient (Wildman–Crippen LogP) is 3.95. The number of fused-ring (bicyclic) bond motifs is 1. The first kappa shape index (κ1) is 12.0. The Labute approximate surface area is 116 Å². The summed E-state index contributed by atoms with van der Waals surface area (Å²) in [5.41, 5.74) is 6.68. The van der Waals surface area contributed by atoms with E-state index in [1.54, 1.807) is 0 Å². The maximum Gasteiger partial charge on any atom is 0.0701 e. The molecule has 0 unspecified atom stereocenters. The van der Waals surface area contributed by atoms with E-state index in [9.17, 15) is 0 Å². The number of rotatable bonds is 2. The monoisotopic (exact) mass is 304 g/mol. The Morgan fingerprint density at radius 1 is 1.28 bits per heavy atom. The van der Waals surface area contributed by atoms with Crippen LogP contribution < -0.4 is 0 Å². The first-order valence-electron chi connectivity index (χ1n) is 6.54. The van der Waals surface area contributed by atoms with Crippen LogP contribution in [-0.2, 0) is 19.3 Å². The van der Waals surface area contributed by atoms with Gasteiger partial charge < -0.3 is 0 Å². The zero-order chi connectivity index (χ0) is 12.5. The molecule has 0 spiro atoms. The molecule has 3 rings (SSSR count). The summed E-state index contributed by atoms with van der Waals surface area (Å²) in [6, 6.07) is 6.43. The van der Waals surface area contributed by atoms with Gasteiger partial charge in [-0.2, -0.15) is 5.10 Å². The fraction of sp³-hybridized carbons (Fsp3) is 0.400. The number of aromatic nitrogens is 2. The predicted molar refractivity (Wildman–Crippen MR) is 76.9 cm³/mol. The minimum atomic E-state index is 0.925. The van der Waals surface area contributed by atoms with Crippen LogP contribution in [0.15, 0.2) is 22.7 Å². The minimum absolute atomic E-state index is 0.925. The van der Waals surface area contributed by atoms with E-state index in [0.717, 1.165) is 12.8 Å². The maximum absolute atomic E-state index is 4.52. The van der Waals surface area contributed by atoms with Gasteiger partial charge in [0.15, 0.2) is 0 Å². The molecule has 1 aliphatic rings. The quantitative estimate of drug-likeness (QED) is 0.894. The van der Waals surface area contributed by atoms with E-state index in [-0.39, 0.29) is 0 Å². The Bertz CT molecular complexity index is 572. The summed E-state index contributed by atoms with van der Waals surface area (Å²) in [6.45, 7) is 2.13. The second-order valence-electron chi connectivity index (χ2n) is 5.06. The molecule has 18 heavy (non-hydrogen) atoms. The summed E-state index contributed by atoms with van der Waals surface area (Å²) in [6.07, 6.45) is 5.87. The molecule has 1 heterocycles. The fourth-order valence-electron chi connectivity index (χ4n) is 2.72. The van der Waals surface area contributed by atoms with Gasteiger partial charge in [0.2, 0.25) is 0 Å². The Morgan fingerprint density at radius 3 is 3.00 bits per heavy atom. The van der Waals surface area contributed by atoms with Crippen LogP contribution in [0.1, 0.15) is 40.9 Å². The van der Waals surface area contributed by atoms with E-state index in [1.807, 2.05) is 0 Å². The van der Waals surface area contributed by atoms with Gasteiger partial charge in [-0.15, -0.1) is 0 Å². The van der Waals surface area contributed by atoms with Crippen molar-refractivity contribution in [2.24, 2.45) is 0 Å². The molecule has 1 aromatic heterocycles. The smallest absolute Gasteiger partial charge is 0.0701 e. The van der Waals surface area contributed by atoms with Gasteiger partial charge in [-0.05, 0) is 49.3 Å². The molecule has 2 aromatic rings. The summed E-state index contributed by atoms with van der Waals surface area (Å²) in [5, 5.41) is 7.73. The average molecular weight is 305 g/mol. The molecule has 0 amide bonds. The zero-order valence-corrected chi connectivity index (χ0v) is 12.2. The van der Waals surface area contributed by atoms with Crippen molar-refractivity contribution in [2.45, 2.75) is 39.0 Å². The van der Waals surface area contributed by atoms with Crippen molar-refractivity contribution >= 4 is 15.9 Å². The molecule has 94 valence electrons. The molecule has 1 aromatic carbocycles. The van der Waals surface area contributed by atoms with Crippen LogP contribution in [0, 0.1) is 6.92 Å². The summed E-state index contributed by atoms with van der Waals surface area (Å²) in [7, 11) is 0. The van der Waals surface area contributed by atoms with Crippen molar-refractivity contribution in [3.05, 3.63) is 50.8 Å². The number of nitrogens with one attached hydrogen (secondary N) is 1. The summed E-state index contributed by atoms with van der Waals surface area (Å²) >= 11 is 3.68. The number of nitrogens with zero attached hydrogens (tertiary/aromatic N) is 1. The van der Waals surface area contributed by atoms with Gasteiger partial charge in [0, 0.05) is 16.6 Å². The lowest BCUT2D eigenvalue weighted by atomic mass is 9.94.